The highest BCUT2D eigenvalue weighted by Gasteiger charge is 2.63. The number of aromatic hydroxyl groups is 1. The molecule has 3 N–H and O–H groups in total. The maximum Gasteiger partial charge on any atom is 0.151 e. The van der Waals surface area contributed by atoms with E-state index in [2.05, 4.69) is 16.5 Å². The van der Waals surface area contributed by atoms with E-state index >= 15 is 0 Å². The van der Waals surface area contributed by atoms with Crippen LogP contribution in [0.4, 0.5) is 0 Å². The second-order valence-corrected chi connectivity index (χ2v) is 9.74. The number of phenols is 1. The van der Waals surface area contributed by atoms with Crippen LogP contribution in [0, 0.1) is 12.8 Å². The van der Waals surface area contributed by atoms with E-state index in [-0.39, 0.29) is 23.6 Å². The molecule has 0 aromatic heterocycles. The van der Waals surface area contributed by atoms with Crippen LogP contribution in [0.1, 0.15) is 50.2 Å². The summed E-state index contributed by atoms with van der Waals surface area (Å²) in [6, 6.07) is 4.98. The van der Waals surface area contributed by atoms with Crippen molar-refractivity contribution in [2.75, 3.05) is 19.3 Å². The Morgan fingerprint density at radius 3 is 2.79 bits per heavy atom. The van der Waals surface area contributed by atoms with Crippen LogP contribution >= 0.6 is 11.9 Å². The number of carbonyl (C=O) groups is 1. The van der Waals surface area contributed by atoms with Gasteiger partial charge in [-0.2, -0.15) is 0 Å². The fourth-order valence-corrected chi connectivity index (χ4v) is 6.12. The summed E-state index contributed by atoms with van der Waals surface area (Å²) >= 11 is 1.44. The molecule has 4 rings (SSSR count). The molecule has 0 bridgehead atoms. The normalized spacial score (nSPS) is 36.4. The van der Waals surface area contributed by atoms with Crippen LogP contribution in [-0.4, -0.2) is 57.9 Å². The Hall–Kier alpha value is -1.08. The van der Waals surface area contributed by atoms with Gasteiger partial charge in [0.25, 0.3) is 0 Å². The van der Waals surface area contributed by atoms with Crippen molar-refractivity contribution in [3.8, 4) is 5.75 Å². The smallest absolute Gasteiger partial charge is 0.151 e. The first kappa shape index (κ1) is 20.2. The van der Waals surface area contributed by atoms with E-state index in [1.807, 2.05) is 19.2 Å². The monoisotopic (exact) mass is 404 g/mol. The van der Waals surface area contributed by atoms with Crippen LogP contribution in [0.3, 0.4) is 0 Å². The summed E-state index contributed by atoms with van der Waals surface area (Å²) < 4.78 is 3.21. The summed E-state index contributed by atoms with van der Waals surface area (Å²) in [4.78, 5) is 15.5. The number of rotatable bonds is 5. The van der Waals surface area contributed by atoms with Crippen LogP contribution in [-0.2, 0) is 10.2 Å². The van der Waals surface area contributed by atoms with Gasteiger partial charge in [-0.3, -0.25) is 14.4 Å². The van der Waals surface area contributed by atoms with E-state index in [4.69, 9.17) is 0 Å². The lowest BCUT2D eigenvalue weighted by Crippen LogP contribution is -2.72. The summed E-state index contributed by atoms with van der Waals surface area (Å²) in [5.74, 6) is 1.11. The predicted molar refractivity (Wildman–Crippen MR) is 113 cm³/mol. The molecule has 0 radical (unpaired) electrons. The molecule has 1 saturated heterocycles. The molecule has 6 heteroatoms. The van der Waals surface area contributed by atoms with Crippen molar-refractivity contribution >= 4 is 17.7 Å². The topological polar surface area (TPSA) is 72.8 Å². The number of aryl methyl sites for hydroxylation is 1. The van der Waals surface area contributed by atoms with Gasteiger partial charge < -0.3 is 10.2 Å². The average Bonchev–Trinajstić information content (AvgIpc) is 3.47. The molecule has 5 nitrogen and oxygen atoms in total. The molecule has 3 fully saturated rings. The quantitative estimate of drug-likeness (QED) is 0.656. The van der Waals surface area contributed by atoms with Gasteiger partial charge in [0.1, 0.15) is 5.75 Å². The lowest BCUT2D eigenvalue weighted by atomic mass is 9.52. The predicted octanol–water partition coefficient (Wildman–Crippen LogP) is 2.77. The summed E-state index contributed by atoms with van der Waals surface area (Å²) in [6.45, 7) is 6.05. The number of fused-ring (bicyclic) bond motifs is 1. The van der Waals surface area contributed by atoms with Crippen molar-refractivity contribution in [1.29, 1.82) is 0 Å². The first-order valence-electron chi connectivity index (χ1n) is 10.4. The highest BCUT2D eigenvalue weighted by atomic mass is 32.2. The zero-order chi connectivity index (χ0) is 20.1. The first-order valence-corrected chi connectivity index (χ1v) is 11.6. The third kappa shape index (κ3) is 3.18. The number of hydrogen-bond acceptors (Lipinski definition) is 6. The van der Waals surface area contributed by atoms with Crippen LogP contribution < -0.4 is 4.72 Å². The summed E-state index contributed by atoms with van der Waals surface area (Å²) in [5, 5.41) is 22.5. The SMILES string of the molecule is CSNC1CC2(O)C(C)N(CC3CC3)CCC2(c2cc(O)ccc2C)CC1=O. The molecule has 1 aromatic carbocycles. The summed E-state index contributed by atoms with van der Waals surface area (Å²) in [6.07, 6.45) is 5.95. The van der Waals surface area contributed by atoms with Crippen molar-refractivity contribution in [2.24, 2.45) is 5.92 Å². The number of likely N-dealkylation sites (tertiary alicyclic amines) is 1. The van der Waals surface area contributed by atoms with Gasteiger partial charge in [0.05, 0.1) is 11.6 Å². The van der Waals surface area contributed by atoms with Gasteiger partial charge in [-0.15, -0.1) is 0 Å². The van der Waals surface area contributed by atoms with Crippen molar-refractivity contribution in [3.05, 3.63) is 29.3 Å². The zero-order valence-electron chi connectivity index (χ0n) is 17.1. The van der Waals surface area contributed by atoms with Gasteiger partial charge in [0.15, 0.2) is 5.78 Å². The largest absolute Gasteiger partial charge is 0.508 e. The Morgan fingerprint density at radius 2 is 2.11 bits per heavy atom. The Balaban J connectivity index is 1.79. The average molecular weight is 405 g/mol. The third-order valence-corrected chi connectivity index (χ3v) is 7.98. The van der Waals surface area contributed by atoms with Crippen LogP contribution in [0.5, 0.6) is 5.75 Å². The molecule has 4 unspecified atom stereocenters. The Morgan fingerprint density at radius 1 is 1.36 bits per heavy atom. The molecule has 3 aliphatic rings. The van der Waals surface area contributed by atoms with Gasteiger partial charge in [-0.1, -0.05) is 18.0 Å². The molecule has 4 atom stereocenters. The molecule has 1 heterocycles. The van der Waals surface area contributed by atoms with Crippen LogP contribution in [0.15, 0.2) is 18.2 Å². The molecular weight excluding hydrogens is 372 g/mol. The second kappa shape index (κ2) is 7.31. The fourth-order valence-electron chi connectivity index (χ4n) is 5.62. The number of piperidine rings is 1. The highest BCUT2D eigenvalue weighted by Crippen LogP contribution is 2.54. The maximum atomic E-state index is 13.1. The molecule has 2 aliphatic carbocycles. The lowest BCUT2D eigenvalue weighted by Gasteiger charge is -2.61. The van der Waals surface area contributed by atoms with Gasteiger partial charge in [-0.25, -0.2) is 0 Å². The first-order chi connectivity index (χ1) is 13.3. The molecule has 1 aliphatic heterocycles. The Labute approximate surface area is 172 Å². The fraction of sp³-hybridized carbons (Fsp3) is 0.682. The highest BCUT2D eigenvalue weighted by molar-refractivity contribution is 7.96. The van der Waals surface area contributed by atoms with E-state index in [1.54, 1.807) is 12.1 Å². The van der Waals surface area contributed by atoms with Crippen LogP contribution in [0.25, 0.3) is 0 Å². The number of benzene rings is 1. The molecule has 1 aromatic rings. The summed E-state index contributed by atoms with van der Waals surface area (Å²) in [7, 11) is 0. The van der Waals surface area contributed by atoms with E-state index in [0.717, 1.165) is 36.6 Å². The third-order valence-electron chi connectivity index (χ3n) is 7.46. The minimum Gasteiger partial charge on any atom is -0.508 e. The molecule has 28 heavy (non-hydrogen) atoms. The summed E-state index contributed by atoms with van der Waals surface area (Å²) in [5.41, 5.74) is 0.287. The van der Waals surface area contributed by atoms with E-state index in [9.17, 15) is 15.0 Å². The molecule has 154 valence electrons. The number of hydrogen-bond donors (Lipinski definition) is 3. The Bertz CT molecular complexity index is 768. The van der Waals surface area contributed by atoms with Crippen LogP contribution in [0.2, 0.25) is 0 Å². The van der Waals surface area contributed by atoms with E-state index in [1.165, 1.54) is 24.8 Å². The lowest BCUT2D eigenvalue weighted by molar-refractivity contribution is -0.168. The molecule has 2 saturated carbocycles. The number of aliphatic hydroxyl groups is 1. The van der Waals surface area contributed by atoms with Gasteiger partial charge in [0, 0.05) is 30.8 Å². The minimum absolute atomic E-state index is 0.0390. The number of carbonyl (C=O) groups excluding carboxylic acids is 1. The van der Waals surface area contributed by atoms with Gasteiger partial charge in [-0.05, 0) is 75.1 Å². The number of nitrogens with one attached hydrogen (secondary N) is 1. The van der Waals surface area contributed by atoms with E-state index < -0.39 is 11.0 Å². The van der Waals surface area contributed by atoms with Crippen molar-refractivity contribution < 1.29 is 15.0 Å². The number of Topliss-reactive ketones (excluding diaryl/α,β-unsaturated/α-hetero) is 1. The molecular formula is C22H32N2O3S. The number of ketones is 1. The zero-order valence-corrected chi connectivity index (χ0v) is 17.9. The van der Waals surface area contributed by atoms with Gasteiger partial charge in [0.2, 0.25) is 0 Å². The minimum atomic E-state index is -1.03. The van der Waals surface area contributed by atoms with E-state index in [0.29, 0.717) is 12.8 Å². The van der Waals surface area contributed by atoms with Crippen molar-refractivity contribution in [2.45, 2.75) is 69.1 Å². The van der Waals surface area contributed by atoms with Crippen molar-refractivity contribution in [3.63, 3.8) is 0 Å². The maximum absolute atomic E-state index is 13.1. The van der Waals surface area contributed by atoms with Gasteiger partial charge >= 0.3 is 0 Å². The standard InChI is InChI=1S/C22H32N2O3S/c1-14-4-7-17(25)10-18(14)21-8-9-24(13-16-5-6-16)15(2)22(21,27)11-19(23-28-3)20(26)12-21/h4,7,10,15-16,19,23,25,27H,5-6,8-9,11-13H2,1-3H3. The number of phenolic OH excluding ortho intramolecular Hbond substituents is 1. The van der Waals surface area contributed by atoms with Crippen molar-refractivity contribution in [1.82, 2.24) is 9.62 Å². The number of nitrogens with zero attached hydrogens (tertiary/aromatic N) is 1. The molecule has 0 spiro atoms. The Kier molecular flexibility index (Phi) is 5.28. The molecule has 0 amide bonds. The second-order valence-electron chi connectivity index (χ2n) is 9.09.